The Morgan fingerprint density at radius 2 is 2.16 bits per heavy atom. The van der Waals surface area contributed by atoms with Gasteiger partial charge in [0.25, 0.3) is 0 Å². The lowest BCUT2D eigenvalue weighted by Crippen LogP contribution is -2.27. The predicted molar refractivity (Wildman–Crippen MR) is 73.2 cm³/mol. The van der Waals surface area contributed by atoms with Gasteiger partial charge in [0.1, 0.15) is 6.33 Å². The van der Waals surface area contributed by atoms with E-state index >= 15 is 0 Å². The van der Waals surface area contributed by atoms with E-state index in [9.17, 15) is 4.79 Å². The van der Waals surface area contributed by atoms with Gasteiger partial charge in [0.2, 0.25) is 11.1 Å². The number of carbonyl (C=O) groups is 1. The second-order valence-electron chi connectivity index (χ2n) is 4.44. The van der Waals surface area contributed by atoms with Crippen LogP contribution in [0.15, 0.2) is 41.8 Å². The molecule has 3 rings (SSSR count). The van der Waals surface area contributed by atoms with E-state index < -0.39 is 0 Å². The van der Waals surface area contributed by atoms with Gasteiger partial charge < -0.3 is 5.32 Å². The van der Waals surface area contributed by atoms with Gasteiger partial charge in [0.15, 0.2) is 0 Å². The molecule has 19 heavy (non-hydrogen) atoms. The van der Waals surface area contributed by atoms with Crippen molar-refractivity contribution < 1.29 is 4.79 Å². The lowest BCUT2D eigenvalue weighted by Gasteiger charge is -2.00. The van der Waals surface area contributed by atoms with Crippen LogP contribution in [0, 0.1) is 0 Å². The lowest BCUT2D eigenvalue weighted by atomic mass is 10.3. The van der Waals surface area contributed by atoms with Crippen molar-refractivity contribution in [3.8, 4) is 5.69 Å². The maximum absolute atomic E-state index is 11.5. The topological polar surface area (TPSA) is 59.8 Å². The van der Waals surface area contributed by atoms with Crippen molar-refractivity contribution >= 4 is 17.7 Å². The first kappa shape index (κ1) is 12.2. The fraction of sp³-hybridized carbons (Fsp3) is 0.308. The van der Waals surface area contributed by atoms with Crippen LogP contribution in [0.2, 0.25) is 0 Å². The van der Waals surface area contributed by atoms with Crippen molar-refractivity contribution in [2.75, 3.05) is 5.75 Å². The fourth-order valence-corrected chi connectivity index (χ4v) is 2.26. The third kappa shape index (κ3) is 3.35. The average molecular weight is 274 g/mol. The van der Waals surface area contributed by atoms with E-state index in [-0.39, 0.29) is 5.91 Å². The van der Waals surface area contributed by atoms with Gasteiger partial charge in [-0.1, -0.05) is 30.0 Å². The van der Waals surface area contributed by atoms with Crippen molar-refractivity contribution in [1.82, 2.24) is 20.1 Å². The number of para-hydroxylation sites is 1. The van der Waals surface area contributed by atoms with E-state index in [1.54, 1.807) is 11.0 Å². The molecule has 1 aromatic heterocycles. The molecule has 0 bridgehead atoms. The Balaban J connectivity index is 1.57. The molecule has 0 saturated heterocycles. The summed E-state index contributed by atoms with van der Waals surface area (Å²) >= 11 is 1.36. The van der Waals surface area contributed by atoms with Crippen molar-refractivity contribution in [3.05, 3.63) is 36.7 Å². The zero-order valence-electron chi connectivity index (χ0n) is 10.3. The van der Waals surface area contributed by atoms with Gasteiger partial charge in [-0.25, -0.2) is 9.67 Å². The monoisotopic (exact) mass is 274 g/mol. The molecule has 0 spiro atoms. The van der Waals surface area contributed by atoms with E-state index in [1.165, 1.54) is 11.8 Å². The van der Waals surface area contributed by atoms with Gasteiger partial charge in [-0.15, -0.1) is 5.10 Å². The van der Waals surface area contributed by atoms with Crippen LogP contribution in [0.5, 0.6) is 0 Å². The largest absolute Gasteiger partial charge is 0.353 e. The molecular formula is C13H14N4OS. The highest BCUT2D eigenvalue weighted by Gasteiger charge is 2.23. The lowest BCUT2D eigenvalue weighted by molar-refractivity contribution is -0.118. The maximum Gasteiger partial charge on any atom is 0.230 e. The van der Waals surface area contributed by atoms with E-state index in [4.69, 9.17) is 0 Å². The molecule has 1 aliphatic carbocycles. The zero-order chi connectivity index (χ0) is 13.1. The Kier molecular flexibility index (Phi) is 3.50. The van der Waals surface area contributed by atoms with E-state index in [2.05, 4.69) is 15.4 Å². The molecule has 0 unspecified atom stereocenters. The van der Waals surface area contributed by atoms with Gasteiger partial charge in [-0.05, 0) is 25.0 Å². The molecule has 98 valence electrons. The highest BCUT2D eigenvalue weighted by Crippen LogP contribution is 2.19. The summed E-state index contributed by atoms with van der Waals surface area (Å²) in [4.78, 5) is 15.7. The van der Waals surface area contributed by atoms with Crippen molar-refractivity contribution in [2.45, 2.75) is 24.0 Å². The first-order valence-corrected chi connectivity index (χ1v) is 7.19. The number of carbonyl (C=O) groups excluding carboxylic acids is 1. The summed E-state index contributed by atoms with van der Waals surface area (Å²) in [5.74, 6) is 0.429. The SMILES string of the molecule is O=C(CSc1ncn(-c2ccccc2)n1)NC1CC1. The second-order valence-corrected chi connectivity index (χ2v) is 5.38. The summed E-state index contributed by atoms with van der Waals surface area (Å²) in [6, 6.07) is 10.2. The van der Waals surface area contributed by atoms with Gasteiger partial charge in [-0.2, -0.15) is 0 Å². The highest BCUT2D eigenvalue weighted by molar-refractivity contribution is 7.99. The molecule has 1 amide bonds. The maximum atomic E-state index is 11.5. The minimum absolute atomic E-state index is 0.0589. The summed E-state index contributed by atoms with van der Waals surface area (Å²) in [6.07, 6.45) is 3.88. The molecule has 0 atom stereocenters. The molecule has 0 aliphatic heterocycles. The van der Waals surface area contributed by atoms with Gasteiger partial charge in [0.05, 0.1) is 11.4 Å². The first-order chi connectivity index (χ1) is 9.31. The molecule has 1 N–H and O–H groups in total. The molecule has 5 nitrogen and oxygen atoms in total. The quantitative estimate of drug-likeness (QED) is 0.842. The molecule has 1 aromatic carbocycles. The number of hydrogen-bond donors (Lipinski definition) is 1. The van der Waals surface area contributed by atoms with Gasteiger partial charge >= 0.3 is 0 Å². The van der Waals surface area contributed by atoms with Gasteiger partial charge in [-0.3, -0.25) is 4.79 Å². The Morgan fingerprint density at radius 1 is 1.37 bits per heavy atom. The van der Waals surface area contributed by atoms with Crippen LogP contribution in [0.1, 0.15) is 12.8 Å². The minimum Gasteiger partial charge on any atom is -0.353 e. The molecule has 0 radical (unpaired) electrons. The molecule has 1 saturated carbocycles. The number of amides is 1. The Morgan fingerprint density at radius 3 is 2.89 bits per heavy atom. The third-order valence-electron chi connectivity index (χ3n) is 2.77. The zero-order valence-corrected chi connectivity index (χ0v) is 11.1. The number of rotatable bonds is 5. The average Bonchev–Trinajstić information content (AvgIpc) is 3.12. The van der Waals surface area contributed by atoms with Crippen LogP contribution < -0.4 is 5.32 Å². The van der Waals surface area contributed by atoms with E-state index in [0.717, 1.165) is 18.5 Å². The van der Waals surface area contributed by atoms with Crippen molar-refractivity contribution in [3.63, 3.8) is 0 Å². The van der Waals surface area contributed by atoms with Crippen molar-refractivity contribution in [2.24, 2.45) is 0 Å². The van der Waals surface area contributed by atoms with Crippen LogP contribution in [0.3, 0.4) is 0 Å². The van der Waals surface area contributed by atoms with Gasteiger partial charge in [0, 0.05) is 6.04 Å². The number of hydrogen-bond acceptors (Lipinski definition) is 4. The van der Waals surface area contributed by atoms with Crippen LogP contribution in [0.4, 0.5) is 0 Å². The summed E-state index contributed by atoms with van der Waals surface area (Å²) in [5.41, 5.74) is 0.962. The predicted octanol–water partition coefficient (Wildman–Crippen LogP) is 1.64. The first-order valence-electron chi connectivity index (χ1n) is 6.20. The number of nitrogens with zero attached hydrogens (tertiary/aromatic N) is 3. The Hall–Kier alpha value is -1.82. The van der Waals surface area contributed by atoms with E-state index in [1.807, 2.05) is 30.3 Å². The van der Waals surface area contributed by atoms with Crippen LogP contribution in [-0.2, 0) is 4.79 Å². The third-order valence-corrected chi connectivity index (χ3v) is 3.62. The fourth-order valence-electron chi connectivity index (χ4n) is 1.65. The number of benzene rings is 1. The summed E-state index contributed by atoms with van der Waals surface area (Å²) in [6.45, 7) is 0. The minimum atomic E-state index is 0.0589. The summed E-state index contributed by atoms with van der Waals surface area (Å²) in [7, 11) is 0. The van der Waals surface area contributed by atoms with E-state index in [0.29, 0.717) is 17.0 Å². The molecule has 2 aromatic rings. The molecule has 1 heterocycles. The Bertz CT molecular complexity index is 565. The van der Waals surface area contributed by atoms with Crippen LogP contribution in [0.25, 0.3) is 5.69 Å². The standard InChI is InChI=1S/C13H14N4OS/c18-12(15-10-6-7-10)8-19-13-14-9-17(16-13)11-4-2-1-3-5-11/h1-5,9-10H,6-8H2,(H,15,18). The normalized spacial score (nSPS) is 14.3. The Labute approximate surface area is 115 Å². The molecular weight excluding hydrogens is 260 g/mol. The van der Waals surface area contributed by atoms with Crippen molar-refractivity contribution in [1.29, 1.82) is 0 Å². The number of thioether (sulfide) groups is 1. The van der Waals surface area contributed by atoms with Crippen LogP contribution >= 0.6 is 11.8 Å². The molecule has 6 heteroatoms. The smallest absolute Gasteiger partial charge is 0.230 e. The van der Waals surface area contributed by atoms with Crippen LogP contribution in [-0.4, -0.2) is 32.5 Å². The molecule has 1 fully saturated rings. The summed E-state index contributed by atoms with van der Waals surface area (Å²) in [5, 5.41) is 7.90. The molecule has 1 aliphatic rings. The number of nitrogens with one attached hydrogen (secondary N) is 1. The number of aromatic nitrogens is 3. The second kappa shape index (κ2) is 5.44. The highest BCUT2D eigenvalue weighted by atomic mass is 32.2. The summed E-state index contributed by atoms with van der Waals surface area (Å²) < 4.78 is 1.71.